The summed E-state index contributed by atoms with van der Waals surface area (Å²) in [6.45, 7) is 6.60. The van der Waals surface area contributed by atoms with Gasteiger partial charge in [0.05, 0.1) is 5.75 Å². The number of benzene rings is 1. The van der Waals surface area contributed by atoms with Crippen molar-refractivity contribution < 1.29 is 9.21 Å². The summed E-state index contributed by atoms with van der Waals surface area (Å²) in [5.41, 5.74) is 0.811. The second-order valence-electron chi connectivity index (χ2n) is 7.58. The Hall–Kier alpha value is -2.54. The molecular weight excluding hydrogens is 384 g/mol. The minimum Gasteiger partial charge on any atom is -0.453 e. The molecule has 4 rings (SSSR count). The highest BCUT2D eigenvalue weighted by molar-refractivity contribution is 7.99. The fraction of sp³-hybridized carbons (Fsp3) is 0.409. The normalized spacial score (nSPS) is 19.3. The molecule has 152 valence electrons. The number of nitrogens with zero attached hydrogens (tertiary/aromatic N) is 3. The molecule has 1 amide bonds. The summed E-state index contributed by atoms with van der Waals surface area (Å²) in [7, 11) is 0. The molecule has 2 heterocycles. The maximum atomic E-state index is 12.5. The van der Waals surface area contributed by atoms with Gasteiger partial charge in [-0.15, -0.1) is 16.8 Å². The van der Waals surface area contributed by atoms with Gasteiger partial charge in [-0.1, -0.05) is 55.8 Å². The number of fused-ring (bicyclic) bond motifs is 1. The minimum atomic E-state index is 0.0483. The second-order valence-corrected chi connectivity index (χ2v) is 8.52. The molecule has 1 aliphatic carbocycles. The summed E-state index contributed by atoms with van der Waals surface area (Å²) in [5.74, 6) is 2.21. The molecule has 1 saturated carbocycles. The highest BCUT2D eigenvalue weighted by Crippen LogP contribution is 2.29. The van der Waals surface area contributed by atoms with Crippen molar-refractivity contribution in [1.82, 2.24) is 20.1 Å². The molecule has 1 fully saturated rings. The molecule has 0 saturated heterocycles. The maximum Gasteiger partial charge on any atom is 0.230 e. The predicted molar refractivity (Wildman–Crippen MR) is 116 cm³/mol. The van der Waals surface area contributed by atoms with Crippen molar-refractivity contribution in [3.8, 4) is 11.6 Å². The van der Waals surface area contributed by atoms with Gasteiger partial charge < -0.3 is 9.73 Å². The molecule has 2 aromatic heterocycles. The molecular formula is C22H26N4O2S. The Bertz CT molecular complexity index is 976. The first kappa shape index (κ1) is 19.8. The van der Waals surface area contributed by atoms with E-state index in [1.807, 2.05) is 34.9 Å². The second kappa shape index (κ2) is 8.86. The summed E-state index contributed by atoms with van der Waals surface area (Å²) in [4.78, 5) is 12.5. The Labute approximate surface area is 174 Å². The lowest BCUT2D eigenvalue weighted by molar-refractivity contribution is -0.119. The number of thioether (sulfide) groups is 1. The molecule has 2 unspecified atom stereocenters. The van der Waals surface area contributed by atoms with E-state index < -0.39 is 0 Å². The van der Waals surface area contributed by atoms with E-state index in [1.54, 1.807) is 6.08 Å². The number of allylic oxidation sites excluding steroid dienone is 1. The summed E-state index contributed by atoms with van der Waals surface area (Å²) in [6, 6.07) is 10.1. The van der Waals surface area contributed by atoms with Crippen molar-refractivity contribution in [3.63, 3.8) is 0 Å². The molecule has 2 atom stereocenters. The Morgan fingerprint density at radius 1 is 1.34 bits per heavy atom. The molecule has 29 heavy (non-hydrogen) atoms. The van der Waals surface area contributed by atoms with Crippen LogP contribution >= 0.6 is 11.8 Å². The number of carbonyl (C=O) groups is 1. The van der Waals surface area contributed by atoms with E-state index in [-0.39, 0.29) is 11.9 Å². The summed E-state index contributed by atoms with van der Waals surface area (Å²) in [6.07, 6.45) is 6.50. The Morgan fingerprint density at radius 3 is 2.97 bits per heavy atom. The molecule has 0 bridgehead atoms. The third-order valence-corrected chi connectivity index (χ3v) is 6.43. The number of aromatic nitrogens is 3. The quantitative estimate of drug-likeness (QED) is 0.453. The van der Waals surface area contributed by atoms with Gasteiger partial charge >= 0.3 is 0 Å². The van der Waals surface area contributed by atoms with E-state index in [0.29, 0.717) is 35.0 Å². The Morgan fingerprint density at radius 2 is 2.17 bits per heavy atom. The molecule has 7 heteroatoms. The number of carbonyl (C=O) groups excluding carboxylic acids is 1. The average Bonchev–Trinajstić information content (AvgIpc) is 3.32. The van der Waals surface area contributed by atoms with E-state index in [0.717, 1.165) is 17.4 Å². The van der Waals surface area contributed by atoms with E-state index in [9.17, 15) is 4.79 Å². The van der Waals surface area contributed by atoms with Gasteiger partial charge in [-0.2, -0.15) is 0 Å². The van der Waals surface area contributed by atoms with Gasteiger partial charge in [-0.3, -0.25) is 9.36 Å². The van der Waals surface area contributed by atoms with E-state index >= 15 is 0 Å². The standard InChI is InChI=1S/C22H26N4O2S/c1-3-12-26-21(19-13-16-9-5-7-11-18(16)28-19)24-25-22(26)29-14-20(27)23-17-10-6-4-8-15(17)2/h3,5,7,9,11,13,15,17H,1,4,6,8,10,12,14H2,2H3,(H,23,27). The lowest BCUT2D eigenvalue weighted by Gasteiger charge is -2.29. The van der Waals surface area contributed by atoms with Gasteiger partial charge in [0.15, 0.2) is 10.9 Å². The number of amides is 1. The van der Waals surface area contributed by atoms with Crippen LogP contribution in [0.3, 0.4) is 0 Å². The largest absolute Gasteiger partial charge is 0.453 e. The highest BCUT2D eigenvalue weighted by atomic mass is 32.2. The number of hydrogen-bond donors (Lipinski definition) is 1. The first-order valence-corrected chi connectivity index (χ1v) is 11.1. The van der Waals surface area contributed by atoms with E-state index in [2.05, 4.69) is 29.0 Å². The number of furan rings is 1. The third kappa shape index (κ3) is 4.40. The molecule has 6 nitrogen and oxygen atoms in total. The van der Waals surface area contributed by atoms with Crippen LogP contribution in [-0.2, 0) is 11.3 Å². The minimum absolute atomic E-state index is 0.0483. The molecule has 1 aromatic carbocycles. The first-order chi connectivity index (χ1) is 14.2. The van der Waals surface area contributed by atoms with Gasteiger partial charge in [0.2, 0.25) is 11.7 Å². The van der Waals surface area contributed by atoms with Crippen LogP contribution in [0, 0.1) is 5.92 Å². The average molecular weight is 411 g/mol. The first-order valence-electron chi connectivity index (χ1n) is 10.1. The molecule has 1 aliphatic rings. The van der Waals surface area contributed by atoms with Crippen LogP contribution < -0.4 is 5.32 Å². The lowest BCUT2D eigenvalue weighted by Crippen LogP contribution is -2.41. The van der Waals surface area contributed by atoms with Crippen molar-refractivity contribution >= 4 is 28.6 Å². The highest BCUT2D eigenvalue weighted by Gasteiger charge is 2.23. The fourth-order valence-corrected chi connectivity index (χ4v) is 4.63. The molecule has 0 spiro atoms. The van der Waals surface area contributed by atoms with E-state index in [4.69, 9.17) is 4.42 Å². The Balaban J connectivity index is 1.47. The molecule has 3 aromatic rings. The maximum absolute atomic E-state index is 12.5. The van der Waals surface area contributed by atoms with Crippen molar-refractivity contribution in [2.24, 2.45) is 5.92 Å². The number of nitrogens with one attached hydrogen (secondary N) is 1. The summed E-state index contributed by atoms with van der Waals surface area (Å²) in [5, 5.41) is 13.5. The van der Waals surface area contributed by atoms with Crippen LogP contribution in [0.4, 0.5) is 0 Å². The van der Waals surface area contributed by atoms with Crippen LogP contribution in [0.25, 0.3) is 22.6 Å². The van der Waals surface area contributed by atoms with Crippen molar-refractivity contribution in [2.75, 3.05) is 5.75 Å². The van der Waals surface area contributed by atoms with Crippen LogP contribution in [-0.4, -0.2) is 32.5 Å². The van der Waals surface area contributed by atoms with Crippen molar-refractivity contribution in [2.45, 2.75) is 50.4 Å². The van der Waals surface area contributed by atoms with Gasteiger partial charge in [0.25, 0.3) is 0 Å². The summed E-state index contributed by atoms with van der Waals surface area (Å²) < 4.78 is 7.88. The Kier molecular flexibility index (Phi) is 6.04. The predicted octanol–water partition coefficient (Wildman–Crippen LogP) is 4.66. The number of hydrogen-bond acceptors (Lipinski definition) is 5. The van der Waals surface area contributed by atoms with Gasteiger partial charge in [0, 0.05) is 18.0 Å². The van der Waals surface area contributed by atoms with Crippen LogP contribution in [0.1, 0.15) is 32.6 Å². The van der Waals surface area contributed by atoms with Gasteiger partial charge in [0.1, 0.15) is 5.58 Å². The molecule has 0 aliphatic heterocycles. The van der Waals surface area contributed by atoms with Crippen molar-refractivity contribution in [1.29, 1.82) is 0 Å². The van der Waals surface area contributed by atoms with Crippen LogP contribution in [0.15, 0.2) is 52.6 Å². The third-order valence-electron chi connectivity index (χ3n) is 5.46. The monoisotopic (exact) mass is 410 g/mol. The van der Waals surface area contributed by atoms with Crippen LogP contribution in [0.5, 0.6) is 0 Å². The topological polar surface area (TPSA) is 73.0 Å². The summed E-state index contributed by atoms with van der Waals surface area (Å²) >= 11 is 1.40. The molecule has 1 N–H and O–H groups in total. The zero-order valence-electron chi connectivity index (χ0n) is 16.6. The zero-order chi connectivity index (χ0) is 20.2. The van der Waals surface area contributed by atoms with Crippen LogP contribution in [0.2, 0.25) is 0 Å². The molecule has 0 radical (unpaired) electrons. The zero-order valence-corrected chi connectivity index (χ0v) is 17.5. The SMILES string of the molecule is C=CCn1c(SCC(=O)NC2CCCCC2C)nnc1-c1cc2ccccc2o1. The van der Waals surface area contributed by atoms with Crippen molar-refractivity contribution in [3.05, 3.63) is 43.0 Å². The fourth-order valence-electron chi connectivity index (χ4n) is 3.87. The smallest absolute Gasteiger partial charge is 0.230 e. The van der Waals surface area contributed by atoms with Gasteiger partial charge in [-0.25, -0.2) is 0 Å². The number of para-hydroxylation sites is 1. The van der Waals surface area contributed by atoms with Gasteiger partial charge in [-0.05, 0) is 30.9 Å². The van der Waals surface area contributed by atoms with E-state index in [1.165, 1.54) is 31.0 Å². The lowest BCUT2D eigenvalue weighted by atomic mass is 9.86. The number of rotatable bonds is 7.